The quantitative estimate of drug-likeness (QED) is 0.721. The molecule has 14 heavy (non-hydrogen) atoms. The molecule has 5 heteroatoms. The fraction of sp³-hybridized carbons (Fsp3) is 0.556. The number of rotatable bonds is 4. The first-order valence-electron chi connectivity index (χ1n) is 4.17. The predicted octanol–water partition coefficient (Wildman–Crippen LogP) is 0.949. The van der Waals surface area contributed by atoms with Crippen molar-refractivity contribution in [2.24, 2.45) is 0 Å². The molecule has 0 saturated carbocycles. The minimum atomic E-state index is 0.368. The van der Waals surface area contributed by atoms with E-state index < -0.39 is 0 Å². The van der Waals surface area contributed by atoms with Crippen LogP contribution in [0.4, 0.5) is 0 Å². The highest BCUT2D eigenvalue weighted by atomic mass is 16.5. The van der Waals surface area contributed by atoms with Crippen LogP contribution in [0.15, 0.2) is 0 Å². The van der Waals surface area contributed by atoms with Crippen molar-refractivity contribution in [2.45, 2.75) is 13.5 Å². The third-order valence-electron chi connectivity index (χ3n) is 1.72. The van der Waals surface area contributed by atoms with Gasteiger partial charge in [0, 0.05) is 7.11 Å². The van der Waals surface area contributed by atoms with Gasteiger partial charge in [-0.1, -0.05) is 0 Å². The number of hydrogen-bond donors (Lipinski definition) is 0. The molecule has 0 N–H and O–H groups in total. The Labute approximate surface area is 83.0 Å². The maximum atomic E-state index is 5.11. The number of aryl methyl sites for hydroxylation is 1. The third-order valence-corrected chi connectivity index (χ3v) is 1.72. The van der Waals surface area contributed by atoms with Gasteiger partial charge in [0.2, 0.25) is 11.8 Å². The van der Waals surface area contributed by atoms with Gasteiger partial charge in [-0.25, -0.2) is 0 Å². The number of nitrogens with zero attached hydrogens (tertiary/aromatic N) is 2. The largest absolute Gasteiger partial charge is 0.481 e. The maximum absolute atomic E-state index is 5.11. The molecule has 1 heterocycles. The highest BCUT2D eigenvalue weighted by molar-refractivity contribution is 5.34. The van der Waals surface area contributed by atoms with Crippen molar-refractivity contribution in [3.8, 4) is 11.8 Å². The van der Waals surface area contributed by atoms with Crippen LogP contribution in [0.1, 0.15) is 11.4 Å². The molecule has 0 aromatic carbocycles. The molecule has 1 aromatic heterocycles. The summed E-state index contributed by atoms with van der Waals surface area (Å²) in [5.74, 6) is 1.60. The van der Waals surface area contributed by atoms with E-state index in [9.17, 15) is 0 Å². The summed E-state index contributed by atoms with van der Waals surface area (Å²) in [6.45, 7) is 2.15. The predicted molar refractivity (Wildman–Crippen MR) is 50.6 cm³/mol. The average molecular weight is 198 g/mol. The number of methoxy groups -OCH3 is 3. The first-order valence-corrected chi connectivity index (χ1v) is 4.17. The molecule has 0 atom stereocenters. The third kappa shape index (κ3) is 2.11. The van der Waals surface area contributed by atoms with Crippen molar-refractivity contribution >= 4 is 0 Å². The number of aromatic nitrogens is 2. The Balaban J connectivity index is 3.18. The van der Waals surface area contributed by atoms with Crippen LogP contribution in [-0.4, -0.2) is 31.3 Å². The van der Waals surface area contributed by atoms with Crippen LogP contribution in [-0.2, 0) is 11.3 Å². The van der Waals surface area contributed by atoms with Crippen LogP contribution >= 0.6 is 0 Å². The van der Waals surface area contributed by atoms with Crippen molar-refractivity contribution in [3.63, 3.8) is 0 Å². The lowest BCUT2D eigenvalue weighted by Crippen LogP contribution is -2.04. The molecule has 0 aliphatic carbocycles. The molecule has 0 aliphatic rings. The first kappa shape index (κ1) is 10.7. The zero-order valence-electron chi connectivity index (χ0n) is 8.83. The lowest BCUT2D eigenvalue weighted by molar-refractivity contribution is 0.176. The molecular formula is C9H14N2O3. The molecule has 0 radical (unpaired) electrons. The Morgan fingerprint density at radius 3 is 1.86 bits per heavy atom. The Hall–Kier alpha value is -1.36. The zero-order chi connectivity index (χ0) is 10.6. The molecule has 0 amide bonds. The van der Waals surface area contributed by atoms with Crippen LogP contribution in [0.5, 0.6) is 11.8 Å². The summed E-state index contributed by atoms with van der Waals surface area (Å²) in [5, 5.41) is 0. The van der Waals surface area contributed by atoms with Gasteiger partial charge in [-0.3, -0.25) is 0 Å². The Morgan fingerprint density at radius 2 is 1.50 bits per heavy atom. The van der Waals surface area contributed by atoms with Crippen molar-refractivity contribution in [2.75, 3.05) is 21.3 Å². The van der Waals surface area contributed by atoms with Gasteiger partial charge in [-0.2, -0.15) is 9.97 Å². The van der Waals surface area contributed by atoms with Crippen LogP contribution in [0, 0.1) is 6.92 Å². The lowest BCUT2D eigenvalue weighted by atomic mass is 10.3. The Bertz CT molecular complexity index is 290. The fourth-order valence-electron chi connectivity index (χ4n) is 1.15. The summed E-state index contributed by atoms with van der Waals surface area (Å²) in [4.78, 5) is 8.25. The first-order chi connectivity index (χ1) is 6.72. The molecule has 0 aliphatic heterocycles. The molecular weight excluding hydrogens is 184 g/mol. The molecule has 78 valence electrons. The monoisotopic (exact) mass is 198 g/mol. The van der Waals surface area contributed by atoms with Gasteiger partial charge in [0.25, 0.3) is 0 Å². The molecule has 1 aromatic rings. The van der Waals surface area contributed by atoms with E-state index in [2.05, 4.69) is 9.97 Å². The Morgan fingerprint density at radius 1 is 1.00 bits per heavy atom. The van der Waals surface area contributed by atoms with Gasteiger partial charge in [0.1, 0.15) is 11.4 Å². The topological polar surface area (TPSA) is 53.5 Å². The lowest BCUT2D eigenvalue weighted by Gasteiger charge is -2.10. The summed E-state index contributed by atoms with van der Waals surface area (Å²) >= 11 is 0. The summed E-state index contributed by atoms with van der Waals surface area (Å²) in [6, 6.07) is 0. The highest BCUT2D eigenvalue weighted by Gasteiger charge is 2.13. The van der Waals surface area contributed by atoms with Crippen LogP contribution in [0.25, 0.3) is 0 Å². The Kier molecular flexibility index (Phi) is 3.64. The summed E-state index contributed by atoms with van der Waals surface area (Å²) in [7, 11) is 4.71. The van der Waals surface area contributed by atoms with E-state index in [0.717, 1.165) is 5.56 Å². The van der Waals surface area contributed by atoms with Gasteiger partial charge in [0.05, 0.1) is 20.8 Å². The van der Waals surface area contributed by atoms with Gasteiger partial charge >= 0.3 is 0 Å². The van der Waals surface area contributed by atoms with E-state index in [4.69, 9.17) is 14.2 Å². The van der Waals surface area contributed by atoms with E-state index in [1.54, 1.807) is 28.3 Å². The second-order valence-corrected chi connectivity index (χ2v) is 2.70. The minimum Gasteiger partial charge on any atom is -0.481 e. The van der Waals surface area contributed by atoms with Gasteiger partial charge in [-0.15, -0.1) is 0 Å². The van der Waals surface area contributed by atoms with Gasteiger partial charge < -0.3 is 14.2 Å². The standard InChI is InChI=1S/C9H14N2O3/c1-6-10-8(13-3)7(5-12-2)9(11-6)14-4/h5H2,1-4H3. The van der Waals surface area contributed by atoms with E-state index in [1.807, 2.05) is 0 Å². The fourth-order valence-corrected chi connectivity index (χ4v) is 1.15. The van der Waals surface area contributed by atoms with Crippen LogP contribution in [0.3, 0.4) is 0 Å². The van der Waals surface area contributed by atoms with E-state index in [1.165, 1.54) is 0 Å². The highest BCUT2D eigenvalue weighted by Crippen LogP contribution is 2.25. The second-order valence-electron chi connectivity index (χ2n) is 2.70. The molecule has 0 saturated heterocycles. The summed E-state index contributed by atoms with van der Waals surface area (Å²) in [6.07, 6.45) is 0. The van der Waals surface area contributed by atoms with E-state index in [0.29, 0.717) is 24.2 Å². The van der Waals surface area contributed by atoms with E-state index >= 15 is 0 Å². The molecule has 5 nitrogen and oxygen atoms in total. The summed E-state index contributed by atoms with van der Waals surface area (Å²) < 4.78 is 15.2. The second kappa shape index (κ2) is 4.76. The molecule has 0 fully saturated rings. The molecule has 1 rings (SSSR count). The smallest absolute Gasteiger partial charge is 0.225 e. The van der Waals surface area contributed by atoms with Crippen LogP contribution < -0.4 is 9.47 Å². The number of ether oxygens (including phenoxy) is 3. The molecule has 0 unspecified atom stereocenters. The molecule has 0 spiro atoms. The van der Waals surface area contributed by atoms with Gasteiger partial charge in [-0.05, 0) is 6.92 Å². The van der Waals surface area contributed by atoms with Crippen LogP contribution in [0.2, 0.25) is 0 Å². The molecule has 0 bridgehead atoms. The normalized spacial score (nSPS) is 10.0. The maximum Gasteiger partial charge on any atom is 0.225 e. The van der Waals surface area contributed by atoms with Crippen molar-refractivity contribution in [1.82, 2.24) is 9.97 Å². The zero-order valence-corrected chi connectivity index (χ0v) is 8.83. The van der Waals surface area contributed by atoms with Crippen molar-refractivity contribution in [3.05, 3.63) is 11.4 Å². The minimum absolute atomic E-state index is 0.368. The van der Waals surface area contributed by atoms with Crippen molar-refractivity contribution < 1.29 is 14.2 Å². The van der Waals surface area contributed by atoms with Gasteiger partial charge in [0.15, 0.2) is 0 Å². The summed E-state index contributed by atoms with van der Waals surface area (Å²) in [5.41, 5.74) is 0.725. The SMILES string of the molecule is COCc1c(OC)nc(C)nc1OC. The van der Waals surface area contributed by atoms with E-state index in [-0.39, 0.29) is 0 Å². The average Bonchev–Trinajstić information content (AvgIpc) is 2.20. The van der Waals surface area contributed by atoms with Crippen molar-refractivity contribution in [1.29, 1.82) is 0 Å². The number of hydrogen-bond acceptors (Lipinski definition) is 5.